The van der Waals surface area contributed by atoms with Crippen molar-refractivity contribution < 1.29 is 14.3 Å². The summed E-state index contributed by atoms with van der Waals surface area (Å²) in [5.74, 6) is 0.438. The maximum absolute atomic E-state index is 12.1. The number of nitrogens with one attached hydrogen (secondary N) is 1. The molecule has 0 radical (unpaired) electrons. The van der Waals surface area contributed by atoms with Crippen molar-refractivity contribution in [1.82, 2.24) is 10.2 Å². The van der Waals surface area contributed by atoms with Crippen LogP contribution in [0.5, 0.6) is 0 Å². The van der Waals surface area contributed by atoms with Gasteiger partial charge in [0, 0.05) is 26.2 Å². The Morgan fingerprint density at radius 2 is 2.05 bits per heavy atom. The number of ether oxygens (including phenoxy) is 2. The summed E-state index contributed by atoms with van der Waals surface area (Å²) in [6.07, 6.45) is 1.94. The Bertz CT molecular complexity index is 362. The Kier molecular flexibility index (Phi) is 6.74. The quantitative estimate of drug-likeness (QED) is 0.539. The van der Waals surface area contributed by atoms with Crippen molar-refractivity contribution >= 4 is 12.1 Å². The van der Waals surface area contributed by atoms with Crippen molar-refractivity contribution in [3.8, 4) is 0 Å². The van der Waals surface area contributed by atoms with E-state index < -0.39 is 5.60 Å². The molecule has 1 fully saturated rings. The molecule has 0 bridgehead atoms. The molecule has 21 heavy (non-hydrogen) atoms. The van der Waals surface area contributed by atoms with Gasteiger partial charge >= 0.3 is 6.09 Å². The van der Waals surface area contributed by atoms with E-state index in [0.717, 1.165) is 12.8 Å². The van der Waals surface area contributed by atoms with Gasteiger partial charge in [0.1, 0.15) is 5.60 Å². The Balaban J connectivity index is 2.42. The number of guanidine groups is 1. The molecule has 0 aromatic rings. The van der Waals surface area contributed by atoms with Crippen LogP contribution in [0.4, 0.5) is 4.79 Å². The van der Waals surface area contributed by atoms with Gasteiger partial charge in [0.25, 0.3) is 0 Å². The average molecular weight is 300 g/mol. The molecule has 0 atom stereocenters. The topological polar surface area (TPSA) is 89.2 Å². The number of amides is 1. The predicted octanol–water partition coefficient (Wildman–Crippen LogP) is 0.937. The molecule has 1 rings (SSSR count). The number of nitrogens with two attached hydrogens (primary N) is 1. The molecular weight excluding hydrogens is 272 g/mol. The minimum absolute atomic E-state index is 0.358. The standard InChI is InChI=1S/C14H28N4O3/c1-14(2,3)21-13(19)18(9-10-20-4)8-7-16-12(15)17-11-5-6-11/h11H,5-10H2,1-4H3,(H3,15,16,17). The van der Waals surface area contributed by atoms with E-state index in [4.69, 9.17) is 15.2 Å². The van der Waals surface area contributed by atoms with Gasteiger partial charge in [-0.15, -0.1) is 0 Å². The molecule has 0 aromatic heterocycles. The second-order valence-electron chi connectivity index (χ2n) is 6.15. The van der Waals surface area contributed by atoms with E-state index in [1.165, 1.54) is 0 Å². The summed E-state index contributed by atoms with van der Waals surface area (Å²) in [6.45, 7) is 7.34. The summed E-state index contributed by atoms with van der Waals surface area (Å²) in [4.78, 5) is 17.9. The molecule has 0 unspecified atom stereocenters. The molecule has 1 aliphatic carbocycles. The number of hydrogen-bond donors (Lipinski definition) is 2. The van der Waals surface area contributed by atoms with Gasteiger partial charge in [-0.25, -0.2) is 4.79 Å². The zero-order valence-corrected chi connectivity index (χ0v) is 13.5. The van der Waals surface area contributed by atoms with Crippen LogP contribution in [0.3, 0.4) is 0 Å². The monoisotopic (exact) mass is 300 g/mol. The molecular formula is C14H28N4O3. The van der Waals surface area contributed by atoms with Crippen molar-refractivity contribution in [1.29, 1.82) is 0 Å². The van der Waals surface area contributed by atoms with Crippen LogP contribution < -0.4 is 11.1 Å². The number of hydrogen-bond acceptors (Lipinski definition) is 4. The lowest BCUT2D eigenvalue weighted by atomic mass is 10.2. The SMILES string of the molecule is COCCN(CCN=C(N)NC1CC1)C(=O)OC(C)(C)C. The van der Waals surface area contributed by atoms with Crippen molar-refractivity contribution in [2.75, 3.05) is 33.4 Å². The largest absolute Gasteiger partial charge is 0.444 e. The lowest BCUT2D eigenvalue weighted by molar-refractivity contribution is 0.0208. The second-order valence-corrected chi connectivity index (χ2v) is 6.15. The van der Waals surface area contributed by atoms with E-state index in [2.05, 4.69) is 10.3 Å². The van der Waals surface area contributed by atoms with Crippen LogP contribution in [-0.4, -0.2) is 61.9 Å². The Labute approximate surface area is 126 Å². The van der Waals surface area contributed by atoms with E-state index in [1.54, 1.807) is 12.0 Å². The fourth-order valence-corrected chi connectivity index (χ4v) is 1.60. The molecule has 0 heterocycles. The molecule has 1 amide bonds. The van der Waals surface area contributed by atoms with E-state index in [1.807, 2.05) is 20.8 Å². The van der Waals surface area contributed by atoms with Gasteiger partial charge in [-0.05, 0) is 33.6 Å². The molecule has 1 saturated carbocycles. The Morgan fingerprint density at radius 3 is 2.57 bits per heavy atom. The van der Waals surface area contributed by atoms with E-state index in [-0.39, 0.29) is 6.09 Å². The fourth-order valence-electron chi connectivity index (χ4n) is 1.60. The summed E-state index contributed by atoms with van der Waals surface area (Å²) in [6, 6.07) is 0.476. The molecule has 0 spiro atoms. The van der Waals surface area contributed by atoms with E-state index >= 15 is 0 Å². The Hall–Kier alpha value is -1.50. The summed E-state index contributed by atoms with van der Waals surface area (Å²) < 4.78 is 10.4. The van der Waals surface area contributed by atoms with Gasteiger partial charge in [-0.3, -0.25) is 4.99 Å². The highest BCUT2D eigenvalue weighted by Crippen LogP contribution is 2.17. The molecule has 0 aromatic carbocycles. The molecule has 0 aliphatic heterocycles. The zero-order chi connectivity index (χ0) is 15.9. The highest BCUT2D eigenvalue weighted by Gasteiger charge is 2.22. The van der Waals surface area contributed by atoms with Gasteiger partial charge in [0.05, 0.1) is 13.2 Å². The van der Waals surface area contributed by atoms with Gasteiger partial charge < -0.3 is 25.4 Å². The molecule has 7 heteroatoms. The highest BCUT2D eigenvalue weighted by atomic mass is 16.6. The molecule has 1 aliphatic rings. The smallest absolute Gasteiger partial charge is 0.410 e. The van der Waals surface area contributed by atoms with Gasteiger partial charge in [-0.1, -0.05) is 0 Å². The number of carbonyl (C=O) groups is 1. The minimum Gasteiger partial charge on any atom is -0.444 e. The third-order valence-electron chi connectivity index (χ3n) is 2.80. The first kappa shape index (κ1) is 17.6. The van der Waals surface area contributed by atoms with Crippen LogP contribution in [-0.2, 0) is 9.47 Å². The zero-order valence-electron chi connectivity index (χ0n) is 13.5. The number of rotatable bonds is 7. The van der Waals surface area contributed by atoms with Crippen LogP contribution in [0, 0.1) is 0 Å². The first-order chi connectivity index (χ1) is 9.81. The third kappa shape index (κ3) is 8.39. The number of nitrogens with zero attached hydrogens (tertiary/aromatic N) is 2. The van der Waals surface area contributed by atoms with Crippen molar-refractivity contribution in [3.63, 3.8) is 0 Å². The predicted molar refractivity (Wildman–Crippen MR) is 82.3 cm³/mol. The minimum atomic E-state index is -0.516. The fraction of sp³-hybridized carbons (Fsp3) is 0.857. The third-order valence-corrected chi connectivity index (χ3v) is 2.80. The number of carbonyl (C=O) groups excluding carboxylic acids is 1. The lowest BCUT2D eigenvalue weighted by Gasteiger charge is -2.26. The first-order valence-electron chi connectivity index (χ1n) is 7.35. The van der Waals surface area contributed by atoms with Crippen LogP contribution in [0.15, 0.2) is 4.99 Å². The van der Waals surface area contributed by atoms with E-state index in [9.17, 15) is 4.79 Å². The van der Waals surface area contributed by atoms with Crippen LogP contribution >= 0.6 is 0 Å². The summed E-state index contributed by atoms with van der Waals surface area (Å²) in [5, 5.41) is 3.11. The molecule has 7 nitrogen and oxygen atoms in total. The first-order valence-corrected chi connectivity index (χ1v) is 7.35. The average Bonchev–Trinajstić information content (AvgIpc) is 3.15. The molecule has 0 saturated heterocycles. The number of methoxy groups -OCH3 is 1. The second kappa shape index (κ2) is 8.07. The van der Waals surface area contributed by atoms with Crippen LogP contribution in [0.2, 0.25) is 0 Å². The highest BCUT2D eigenvalue weighted by molar-refractivity contribution is 5.78. The van der Waals surface area contributed by atoms with Crippen LogP contribution in [0.25, 0.3) is 0 Å². The molecule has 122 valence electrons. The maximum atomic E-state index is 12.1. The van der Waals surface area contributed by atoms with Crippen molar-refractivity contribution in [3.05, 3.63) is 0 Å². The maximum Gasteiger partial charge on any atom is 0.410 e. The van der Waals surface area contributed by atoms with Crippen molar-refractivity contribution in [2.24, 2.45) is 10.7 Å². The normalized spacial score (nSPS) is 15.7. The lowest BCUT2D eigenvalue weighted by Crippen LogP contribution is -2.40. The summed E-state index contributed by atoms with van der Waals surface area (Å²) in [5.41, 5.74) is 5.24. The molecule has 3 N–H and O–H groups in total. The van der Waals surface area contributed by atoms with Crippen molar-refractivity contribution in [2.45, 2.75) is 45.3 Å². The van der Waals surface area contributed by atoms with Gasteiger partial charge in [-0.2, -0.15) is 0 Å². The van der Waals surface area contributed by atoms with Crippen LogP contribution in [0.1, 0.15) is 33.6 Å². The number of aliphatic imine (C=N–C) groups is 1. The van der Waals surface area contributed by atoms with Gasteiger partial charge in [0.15, 0.2) is 5.96 Å². The summed E-state index contributed by atoms with van der Waals surface area (Å²) >= 11 is 0. The summed E-state index contributed by atoms with van der Waals surface area (Å²) in [7, 11) is 1.60. The van der Waals surface area contributed by atoms with E-state index in [0.29, 0.717) is 38.2 Å². The van der Waals surface area contributed by atoms with Gasteiger partial charge in [0.2, 0.25) is 0 Å². The Morgan fingerprint density at radius 1 is 1.38 bits per heavy atom.